The van der Waals surface area contributed by atoms with Crippen LogP contribution in [-0.2, 0) is 57.1 Å². The fraction of sp³-hybridized carbons (Fsp3) is 0.750. The van der Waals surface area contributed by atoms with E-state index in [-0.39, 0.29) is 17.8 Å². The number of ketones is 1. The summed E-state index contributed by atoms with van der Waals surface area (Å²) in [6, 6.07) is 0. The summed E-state index contributed by atoms with van der Waals surface area (Å²) in [7, 11) is 1.03. The van der Waals surface area contributed by atoms with Crippen LogP contribution in [0.4, 0.5) is 0 Å². The lowest BCUT2D eigenvalue weighted by Gasteiger charge is -2.67. The van der Waals surface area contributed by atoms with Gasteiger partial charge < -0.3 is 63.8 Å². The molecule has 3 heterocycles. The number of aliphatic hydroxyl groups excluding tert-OH is 6. The van der Waals surface area contributed by atoms with Crippen LogP contribution in [0.25, 0.3) is 0 Å². The Balaban J connectivity index is 1.45. The van der Waals surface area contributed by atoms with E-state index in [1.54, 1.807) is 13.8 Å². The van der Waals surface area contributed by atoms with Gasteiger partial charge >= 0.3 is 23.9 Å². The Bertz CT molecular complexity index is 1650. The van der Waals surface area contributed by atoms with Gasteiger partial charge in [-0.1, -0.05) is 13.8 Å². The summed E-state index contributed by atoms with van der Waals surface area (Å²) in [5.41, 5.74) is -6.34. The molecule has 54 heavy (non-hydrogen) atoms. The molecule has 1 spiro atoms. The Labute approximate surface area is 309 Å². The van der Waals surface area contributed by atoms with E-state index in [0.717, 1.165) is 13.2 Å². The molecular weight excluding hydrogens is 720 g/mol. The van der Waals surface area contributed by atoms with Crippen LogP contribution in [0.1, 0.15) is 48.0 Å². The van der Waals surface area contributed by atoms with E-state index < -0.39 is 144 Å². The average Bonchev–Trinajstić information content (AvgIpc) is 3.41. The molecule has 0 amide bonds. The molecule has 0 aromatic carbocycles. The lowest BCUT2D eigenvalue weighted by Crippen LogP contribution is -2.79. The van der Waals surface area contributed by atoms with Gasteiger partial charge in [0.1, 0.15) is 42.2 Å². The number of allylic oxidation sites excluding steroid dienone is 2. The van der Waals surface area contributed by atoms with Crippen LogP contribution >= 0.6 is 0 Å². The summed E-state index contributed by atoms with van der Waals surface area (Å²) >= 11 is 0. The van der Waals surface area contributed by atoms with Crippen LogP contribution < -0.4 is 0 Å². The third kappa shape index (κ3) is 5.63. The van der Waals surface area contributed by atoms with Gasteiger partial charge in [-0.05, 0) is 50.2 Å². The van der Waals surface area contributed by atoms with Gasteiger partial charge in [-0.15, -0.1) is 0 Å². The van der Waals surface area contributed by atoms with Crippen LogP contribution in [0.3, 0.4) is 0 Å². The SMILES string of the molecule is COC(=O)[C@@]12OC[C@]34[C@H]([C@@H](O)[C@@H]1O)[C@@]1(C)C=C(O[C@@H]5O[C@H](CO)[C@@H](O)[C@H](O)[C@H]5O)C(=O)[C@@H](C)[C@@H]1C[C@H]3OC(=O)[C@H](OC(=O)/C=C(\C)C(C)(C)OC(C)=O)[C@@H]24. The van der Waals surface area contributed by atoms with Crippen molar-refractivity contribution in [3.05, 3.63) is 23.5 Å². The summed E-state index contributed by atoms with van der Waals surface area (Å²) < 4.78 is 39.7. The molecular formula is C36H48O18. The average molecular weight is 769 g/mol. The van der Waals surface area contributed by atoms with Crippen LogP contribution in [-0.4, -0.2) is 147 Å². The number of carbonyl (C=O) groups excluding carboxylic acids is 5. The molecule has 2 saturated carbocycles. The van der Waals surface area contributed by atoms with E-state index in [0.29, 0.717) is 0 Å². The molecule has 18 nitrogen and oxygen atoms in total. The minimum atomic E-state index is -2.43. The van der Waals surface area contributed by atoms with Gasteiger partial charge in [0.25, 0.3) is 0 Å². The molecule has 0 radical (unpaired) electrons. The van der Waals surface area contributed by atoms with E-state index in [1.807, 2.05) is 0 Å². The normalized spacial score (nSPS) is 45.6. The van der Waals surface area contributed by atoms with Gasteiger partial charge in [0.15, 0.2) is 11.5 Å². The third-order valence-electron chi connectivity index (χ3n) is 12.8. The quantitative estimate of drug-likeness (QED) is 0.0881. The Morgan fingerprint density at radius 1 is 1.02 bits per heavy atom. The standard InChI is InChI=1S/C36H48O18/c1-13(33(4,5)54-15(3)38)8-20(39)53-26-28-35-12-49-36(28,32(47)48-7)29(45)25(44)27(35)34(6)10-17(21(40)14(2)16(34)9-19(35)52-30(26)46)50-31-24(43)23(42)22(41)18(11-37)51-31/h8,10,14,16,18-19,22-29,31,37,41-45H,9,11-12H2,1-7H3/b13-8+/t14-,16-,18+,19+,22+,23-,24+,25+,26+,27+,28+,29-,31+,34-,35+,36-/m0/s1. The van der Waals surface area contributed by atoms with Crippen molar-refractivity contribution in [2.45, 2.75) is 114 Å². The highest BCUT2D eigenvalue weighted by molar-refractivity contribution is 5.97. The number of Topliss-reactive ketones (excluding diaryl/α,β-unsaturated/α-hetero) is 1. The highest BCUT2D eigenvalue weighted by Crippen LogP contribution is 2.72. The van der Waals surface area contributed by atoms with Gasteiger partial charge in [-0.3, -0.25) is 9.59 Å². The second kappa shape index (κ2) is 13.6. The molecule has 3 saturated heterocycles. The first kappa shape index (κ1) is 40.2. The molecule has 0 aromatic heterocycles. The van der Waals surface area contributed by atoms with Gasteiger partial charge in [-0.2, -0.15) is 0 Å². The number of aliphatic hydroxyl groups is 6. The molecule has 0 unspecified atom stereocenters. The van der Waals surface area contributed by atoms with E-state index in [4.69, 9.17) is 33.2 Å². The first-order valence-electron chi connectivity index (χ1n) is 17.8. The first-order valence-corrected chi connectivity index (χ1v) is 17.8. The molecule has 6 N–H and O–H groups in total. The summed E-state index contributed by atoms with van der Waals surface area (Å²) in [6.07, 6.45) is -12.9. The minimum absolute atomic E-state index is 0.00828. The maximum atomic E-state index is 13.9. The predicted molar refractivity (Wildman–Crippen MR) is 175 cm³/mol. The Morgan fingerprint density at radius 2 is 1.69 bits per heavy atom. The van der Waals surface area contributed by atoms with Crippen LogP contribution in [0, 0.1) is 34.5 Å². The number of methoxy groups -OCH3 is 1. The third-order valence-corrected chi connectivity index (χ3v) is 12.8. The van der Waals surface area contributed by atoms with E-state index in [9.17, 15) is 54.6 Å². The van der Waals surface area contributed by atoms with Crippen molar-refractivity contribution in [2.24, 2.45) is 34.5 Å². The van der Waals surface area contributed by atoms with Crippen LogP contribution in [0.2, 0.25) is 0 Å². The molecule has 3 aliphatic carbocycles. The lowest BCUT2D eigenvalue weighted by molar-refractivity contribution is -0.296. The van der Waals surface area contributed by atoms with Crippen molar-refractivity contribution in [1.82, 2.24) is 0 Å². The number of hydrogen-bond donors (Lipinski definition) is 6. The minimum Gasteiger partial charge on any atom is -0.467 e. The molecule has 16 atom stereocenters. The van der Waals surface area contributed by atoms with Gasteiger partial charge in [0.2, 0.25) is 18.0 Å². The largest absolute Gasteiger partial charge is 0.467 e. The molecule has 0 aromatic rings. The first-order chi connectivity index (χ1) is 25.1. The van der Waals surface area contributed by atoms with Crippen molar-refractivity contribution in [1.29, 1.82) is 0 Å². The summed E-state index contributed by atoms with van der Waals surface area (Å²) in [6.45, 7) is 7.89. The maximum absolute atomic E-state index is 13.9. The number of ether oxygens (including phenoxy) is 7. The van der Waals surface area contributed by atoms with Crippen molar-refractivity contribution in [3.8, 4) is 0 Å². The highest BCUT2D eigenvalue weighted by atomic mass is 16.7. The van der Waals surface area contributed by atoms with Gasteiger partial charge in [0, 0.05) is 30.3 Å². The fourth-order valence-electron chi connectivity index (χ4n) is 10.1. The molecule has 3 aliphatic heterocycles. The predicted octanol–water partition coefficient (Wildman–Crippen LogP) is -2.05. The van der Waals surface area contributed by atoms with Gasteiger partial charge in [0.05, 0.1) is 32.3 Å². The fourth-order valence-corrected chi connectivity index (χ4v) is 10.1. The second-order valence-corrected chi connectivity index (χ2v) is 16.0. The van der Waals surface area contributed by atoms with E-state index in [1.165, 1.54) is 33.8 Å². The second-order valence-electron chi connectivity index (χ2n) is 16.0. The zero-order valence-corrected chi connectivity index (χ0v) is 30.9. The van der Waals surface area contributed by atoms with Crippen LogP contribution in [0.5, 0.6) is 0 Å². The highest BCUT2D eigenvalue weighted by Gasteiger charge is 2.85. The van der Waals surface area contributed by atoms with Gasteiger partial charge in [-0.25, -0.2) is 14.4 Å². The van der Waals surface area contributed by atoms with E-state index in [2.05, 4.69) is 0 Å². The molecule has 18 heteroatoms. The smallest absolute Gasteiger partial charge is 0.348 e. The Hall–Kier alpha value is -3.49. The number of hydrogen-bond acceptors (Lipinski definition) is 18. The molecule has 6 aliphatic rings. The topological polar surface area (TPSA) is 271 Å². The molecule has 300 valence electrons. The van der Waals surface area contributed by atoms with Crippen molar-refractivity contribution in [2.75, 3.05) is 20.3 Å². The lowest BCUT2D eigenvalue weighted by atomic mass is 9.38. The number of rotatable bonds is 8. The van der Waals surface area contributed by atoms with Crippen molar-refractivity contribution in [3.63, 3.8) is 0 Å². The zero-order chi connectivity index (χ0) is 40.0. The maximum Gasteiger partial charge on any atom is 0.348 e. The molecule has 5 fully saturated rings. The van der Waals surface area contributed by atoms with Crippen molar-refractivity contribution < 1.29 is 87.8 Å². The summed E-state index contributed by atoms with van der Waals surface area (Å²) in [4.78, 5) is 66.7. The number of fused-ring (bicyclic) bond motifs is 2. The van der Waals surface area contributed by atoms with Crippen molar-refractivity contribution >= 4 is 29.7 Å². The zero-order valence-electron chi connectivity index (χ0n) is 30.9. The van der Waals surface area contributed by atoms with E-state index >= 15 is 0 Å². The Morgan fingerprint density at radius 3 is 2.30 bits per heavy atom. The molecule has 6 rings (SSSR count). The molecule has 2 bridgehead atoms. The summed E-state index contributed by atoms with van der Waals surface area (Å²) in [5, 5.41) is 65.1. The number of carbonyl (C=O) groups is 5. The Kier molecular flexibility index (Phi) is 10.1. The monoisotopic (exact) mass is 768 g/mol. The summed E-state index contributed by atoms with van der Waals surface area (Å²) in [5.74, 6) is -9.12. The number of esters is 4. The van der Waals surface area contributed by atoms with Crippen LogP contribution in [0.15, 0.2) is 23.5 Å².